The number of nitrogens with one attached hydrogen (secondary N) is 2. The highest BCUT2D eigenvalue weighted by atomic mass is 79.9. The Morgan fingerprint density at radius 3 is 2.74 bits per heavy atom. The van der Waals surface area contributed by atoms with Crippen LogP contribution in [-0.2, 0) is 11.8 Å². The second kappa shape index (κ2) is 7.72. The number of guanidine groups is 1. The highest BCUT2D eigenvalue weighted by Crippen LogP contribution is 2.49. The van der Waals surface area contributed by atoms with Crippen LogP contribution < -0.4 is 10.6 Å². The molecule has 0 radical (unpaired) electrons. The molecule has 1 saturated carbocycles. The predicted octanol–water partition coefficient (Wildman–Crippen LogP) is 3.54. The summed E-state index contributed by atoms with van der Waals surface area (Å²) in [6, 6.07) is 14.6. The van der Waals surface area contributed by atoms with Crippen LogP contribution in [0, 0.1) is 0 Å². The van der Waals surface area contributed by atoms with Crippen molar-refractivity contribution in [3.63, 3.8) is 0 Å². The molecule has 5 nitrogen and oxygen atoms in total. The topological polar surface area (TPSA) is 53.7 Å². The monoisotopic (exact) mass is 425 g/mol. The van der Waals surface area contributed by atoms with Crippen molar-refractivity contribution in [3.8, 4) is 0 Å². The minimum Gasteiger partial charge on any atom is -0.356 e. The van der Waals surface area contributed by atoms with Gasteiger partial charge in [-0.2, -0.15) is 0 Å². The molecule has 2 aromatic heterocycles. The summed E-state index contributed by atoms with van der Waals surface area (Å²) in [7, 11) is 1.82. The largest absolute Gasteiger partial charge is 0.356 e. The van der Waals surface area contributed by atoms with Crippen LogP contribution in [0.2, 0.25) is 0 Å². The van der Waals surface area contributed by atoms with Crippen molar-refractivity contribution < 1.29 is 0 Å². The van der Waals surface area contributed by atoms with E-state index in [0.717, 1.165) is 36.8 Å². The van der Waals surface area contributed by atoms with E-state index in [-0.39, 0.29) is 5.41 Å². The third-order valence-corrected chi connectivity index (χ3v) is 5.90. The Hall–Kier alpha value is -2.34. The Morgan fingerprint density at radius 2 is 2.00 bits per heavy atom. The van der Waals surface area contributed by atoms with Crippen LogP contribution in [0.25, 0.3) is 5.65 Å². The normalized spacial score (nSPS) is 15.7. The van der Waals surface area contributed by atoms with Crippen LogP contribution in [0.4, 0.5) is 0 Å². The molecule has 1 aliphatic rings. The number of imidazole rings is 1. The number of aromatic nitrogens is 2. The first-order valence-corrected chi connectivity index (χ1v) is 10.1. The molecule has 27 heavy (non-hydrogen) atoms. The van der Waals surface area contributed by atoms with E-state index in [1.165, 1.54) is 22.9 Å². The van der Waals surface area contributed by atoms with Crippen LogP contribution in [0.1, 0.15) is 24.1 Å². The van der Waals surface area contributed by atoms with Crippen LogP contribution in [0.3, 0.4) is 0 Å². The minimum absolute atomic E-state index is 0.222. The molecule has 0 unspecified atom stereocenters. The molecular weight excluding hydrogens is 402 g/mol. The van der Waals surface area contributed by atoms with Crippen LogP contribution in [0.15, 0.2) is 64.3 Å². The summed E-state index contributed by atoms with van der Waals surface area (Å²) in [5, 5.41) is 6.91. The molecule has 0 saturated heterocycles. The lowest BCUT2D eigenvalue weighted by atomic mass is 9.96. The zero-order valence-electron chi connectivity index (χ0n) is 15.5. The molecule has 6 heteroatoms. The van der Waals surface area contributed by atoms with Crippen molar-refractivity contribution in [2.24, 2.45) is 4.99 Å². The molecule has 0 atom stereocenters. The summed E-state index contributed by atoms with van der Waals surface area (Å²) < 4.78 is 3.25. The number of aliphatic imine (C=N–C) groups is 1. The summed E-state index contributed by atoms with van der Waals surface area (Å²) in [6.07, 6.45) is 7.38. The third-order valence-electron chi connectivity index (χ3n) is 5.20. The van der Waals surface area contributed by atoms with Gasteiger partial charge in [0, 0.05) is 48.8 Å². The van der Waals surface area contributed by atoms with Crippen LogP contribution in [0.5, 0.6) is 0 Å². The van der Waals surface area contributed by atoms with Gasteiger partial charge >= 0.3 is 0 Å². The molecule has 0 aliphatic heterocycles. The fraction of sp³-hybridized carbons (Fsp3) is 0.333. The summed E-state index contributed by atoms with van der Waals surface area (Å²) in [6.45, 7) is 1.69. The molecule has 2 N–H and O–H groups in total. The molecule has 1 aliphatic carbocycles. The average Bonchev–Trinajstić information content (AvgIpc) is 3.35. The lowest BCUT2D eigenvalue weighted by Crippen LogP contribution is -2.42. The van der Waals surface area contributed by atoms with Gasteiger partial charge in [-0.3, -0.25) is 4.99 Å². The number of rotatable bonds is 6. The molecular formula is C21H24BrN5. The minimum atomic E-state index is 0.222. The highest BCUT2D eigenvalue weighted by molar-refractivity contribution is 9.10. The third kappa shape index (κ3) is 4.00. The molecule has 3 aromatic rings. The first kappa shape index (κ1) is 18.0. The zero-order chi connectivity index (χ0) is 18.7. The Bertz CT molecular complexity index is 925. The number of halogens is 1. The molecule has 0 bridgehead atoms. The molecule has 140 valence electrons. The predicted molar refractivity (Wildman–Crippen MR) is 113 cm³/mol. The maximum absolute atomic E-state index is 4.64. The Morgan fingerprint density at radius 1 is 1.19 bits per heavy atom. The SMILES string of the molecule is CN=C(NCCc1cn2ccccc2n1)NCC1(c2ccccc2Br)CC1. The van der Waals surface area contributed by atoms with Crippen molar-refractivity contribution in [3.05, 3.63) is 70.6 Å². The quantitative estimate of drug-likeness (QED) is 0.469. The van der Waals surface area contributed by atoms with Crippen molar-refractivity contribution in [1.29, 1.82) is 0 Å². The van der Waals surface area contributed by atoms with Gasteiger partial charge in [0.15, 0.2) is 5.96 Å². The highest BCUT2D eigenvalue weighted by Gasteiger charge is 2.45. The molecule has 4 rings (SSSR count). The fourth-order valence-electron chi connectivity index (χ4n) is 3.47. The van der Waals surface area contributed by atoms with E-state index < -0.39 is 0 Å². The second-order valence-electron chi connectivity index (χ2n) is 7.06. The van der Waals surface area contributed by atoms with E-state index in [4.69, 9.17) is 0 Å². The maximum atomic E-state index is 4.64. The van der Waals surface area contributed by atoms with Crippen molar-refractivity contribution in [2.45, 2.75) is 24.7 Å². The van der Waals surface area contributed by atoms with Crippen LogP contribution >= 0.6 is 15.9 Å². The van der Waals surface area contributed by atoms with E-state index in [9.17, 15) is 0 Å². The van der Waals surface area contributed by atoms with Crippen molar-refractivity contribution in [2.75, 3.05) is 20.1 Å². The summed E-state index contributed by atoms with van der Waals surface area (Å²) in [5.41, 5.74) is 3.67. The number of benzene rings is 1. The number of hydrogen-bond acceptors (Lipinski definition) is 2. The zero-order valence-corrected chi connectivity index (χ0v) is 17.0. The van der Waals surface area contributed by atoms with Crippen molar-refractivity contribution in [1.82, 2.24) is 20.0 Å². The van der Waals surface area contributed by atoms with Gasteiger partial charge in [0.2, 0.25) is 0 Å². The smallest absolute Gasteiger partial charge is 0.191 e. The van der Waals surface area contributed by atoms with Gasteiger partial charge in [-0.1, -0.05) is 40.2 Å². The molecule has 1 aromatic carbocycles. The number of pyridine rings is 1. The summed E-state index contributed by atoms with van der Waals surface area (Å²) in [5.74, 6) is 0.845. The second-order valence-corrected chi connectivity index (χ2v) is 7.92. The fourth-order valence-corrected chi connectivity index (χ4v) is 4.18. The van der Waals surface area contributed by atoms with Crippen LogP contribution in [-0.4, -0.2) is 35.5 Å². The van der Waals surface area contributed by atoms with Gasteiger partial charge in [0.1, 0.15) is 5.65 Å². The van der Waals surface area contributed by atoms with Gasteiger partial charge in [-0.25, -0.2) is 4.98 Å². The first-order chi connectivity index (χ1) is 13.2. The van der Waals surface area contributed by atoms with E-state index in [1.807, 2.05) is 31.4 Å². The van der Waals surface area contributed by atoms with E-state index in [2.05, 4.69) is 71.4 Å². The number of hydrogen-bond donors (Lipinski definition) is 2. The summed E-state index contributed by atoms with van der Waals surface area (Å²) >= 11 is 3.70. The van der Waals surface area contributed by atoms with E-state index >= 15 is 0 Å². The van der Waals surface area contributed by atoms with Gasteiger partial charge in [0.05, 0.1) is 5.69 Å². The molecule has 0 spiro atoms. The maximum Gasteiger partial charge on any atom is 0.191 e. The lowest BCUT2D eigenvalue weighted by Gasteiger charge is -2.20. The van der Waals surface area contributed by atoms with E-state index in [1.54, 1.807) is 0 Å². The average molecular weight is 426 g/mol. The number of nitrogens with zero attached hydrogens (tertiary/aromatic N) is 3. The van der Waals surface area contributed by atoms with E-state index in [0.29, 0.717) is 0 Å². The van der Waals surface area contributed by atoms with Gasteiger partial charge < -0.3 is 15.0 Å². The van der Waals surface area contributed by atoms with Gasteiger partial charge in [-0.05, 0) is 36.6 Å². The summed E-state index contributed by atoms with van der Waals surface area (Å²) in [4.78, 5) is 9.00. The first-order valence-electron chi connectivity index (χ1n) is 9.32. The molecule has 0 amide bonds. The van der Waals surface area contributed by atoms with Gasteiger partial charge in [0.25, 0.3) is 0 Å². The Labute approximate surface area is 168 Å². The Kier molecular flexibility index (Phi) is 5.16. The standard InChI is InChI=1S/C21H24BrN5/c1-23-20(24-12-9-16-14-27-13-5-4-8-19(27)26-16)25-15-21(10-11-21)17-6-2-3-7-18(17)22/h2-8,13-14H,9-12,15H2,1H3,(H2,23,24,25). The van der Waals surface area contributed by atoms with Crippen molar-refractivity contribution >= 4 is 27.5 Å². The molecule has 2 heterocycles. The lowest BCUT2D eigenvalue weighted by molar-refractivity contribution is 0.642. The Balaban J connectivity index is 1.30. The van der Waals surface area contributed by atoms with Gasteiger partial charge in [-0.15, -0.1) is 0 Å². The molecule has 1 fully saturated rings. The number of fused-ring (bicyclic) bond motifs is 1.